The number of carbonyl (C=O) groups excluding carboxylic acids is 1. The quantitative estimate of drug-likeness (QED) is 0.252. The van der Waals surface area contributed by atoms with Crippen LogP contribution in [0.1, 0.15) is 68.4 Å². The summed E-state index contributed by atoms with van der Waals surface area (Å²) < 4.78 is 17.7. The standard InChI is InChI=1S/C31H45NO8/c1-18(2)7-9-20-14-23(30(37)38-17-22-11-13-32-12-5-6-24(22)32)15-21(10-8-19(3)4)29(20)40-31-28(36)27(35)26(34)25(16-33)39-31/h7-8,14-15,22,24-28,31,33-36H,5-6,9-13,16-17H2,1-4H3/t22-,24+,25+,26+,27-,28+,31-/m0/s1. The van der Waals surface area contributed by atoms with Crippen molar-refractivity contribution in [3.63, 3.8) is 0 Å². The van der Waals surface area contributed by atoms with Crippen molar-refractivity contribution < 1.29 is 39.4 Å². The minimum absolute atomic E-state index is 0.357. The van der Waals surface area contributed by atoms with Gasteiger partial charge < -0.3 is 34.6 Å². The van der Waals surface area contributed by atoms with Crippen LogP contribution in [0.3, 0.4) is 0 Å². The highest BCUT2D eigenvalue weighted by Gasteiger charge is 2.45. The lowest BCUT2D eigenvalue weighted by Crippen LogP contribution is -2.60. The van der Waals surface area contributed by atoms with Crippen LogP contribution in [-0.4, -0.2) is 94.3 Å². The number of fused-ring (bicyclic) bond motifs is 1. The van der Waals surface area contributed by atoms with Crippen LogP contribution in [0.15, 0.2) is 35.4 Å². The van der Waals surface area contributed by atoms with Crippen molar-refractivity contribution in [2.75, 3.05) is 26.3 Å². The van der Waals surface area contributed by atoms with E-state index in [0.29, 0.717) is 53.8 Å². The normalized spacial score (nSPS) is 30.1. The number of aliphatic hydroxyl groups excluding tert-OH is 4. The molecule has 40 heavy (non-hydrogen) atoms. The first-order valence-corrected chi connectivity index (χ1v) is 14.4. The fourth-order valence-corrected chi connectivity index (χ4v) is 5.88. The van der Waals surface area contributed by atoms with Gasteiger partial charge in [-0.1, -0.05) is 23.3 Å². The molecule has 0 aliphatic carbocycles. The predicted octanol–water partition coefficient (Wildman–Crippen LogP) is 2.52. The topological polar surface area (TPSA) is 129 Å². The minimum atomic E-state index is -1.56. The molecule has 0 bridgehead atoms. The molecule has 0 radical (unpaired) electrons. The molecule has 3 aliphatic rings. The van der Waals surface area contributed by atoms with Crippen LogP contribution >= 0.6 is 0 Å². The summed E-state index contributed by atoms with van der Waals surface area (Å²) in [6.07, 6.45) is 1.34. The van der Waals surface area contributed by atoms with Gasteiger partial charge >= 0.3 is 5.97 Å². The monoisotopic (exact) mass is 559 g/mol. The van der Waals surface area contributed by atoms with Crippen LogP contribution in [-0.2, 0) is 22.3 Å². The number of carbonyl (C=O) groups is 1. The Hall–Kier alpha value is -2.27. The molecule has 1 aromatic rings. The van der Waals surface area contributed by atoms with Crippen molar-refractivity contribution in [1.82, 2.24) is 4.90 Å². The average molecular weight is 560 g/mol. The van der Waals surface area contributed by atoms with Crippen LogP contribution in [0.5, 0.6) is 5.75 Å². The molecule has 0 aromatic heterocycles. The minimum Gasteiger partial charge on any atom is -0.462 e. The Labute approximate surface area is 237 Å². The molecular formula is C31H45NO8. The Morgan fingerprint density at radius 3 is 2.23 bits per heavy atom. The fourth-order valence-electron chi connectivity index (χ4n) is 5.88. The van der Waals surface area contributed by atoms with Gasteiger partial charge in [-0.05, 0) is 96.1 Å². The zero-order chi connectivity index (χ0) is 29.0. The van der Waals surface area contributed by atoms with Gasteiger partial charge in [-0.3, -0.25) is 4.90 Å². The molecule has 4 N–H and O–H groups in total. The second kappa shape index (κ2) is 13.6. The summed E-state index contributed by atoms with van der Waals surface area (Å²) in [6, 6.07) is 4.01. The highest BCUT2D eigenvalue weighted by Crippen LogP contribution is 2.35. The van der Waals surface area contributed by atoms with Gasteiger partial charge in [0.2, 0.25) is 6.29 Å². The lowest BCUT2D eigenvalue weighted by atomic mass is 9.97. The maximum Gasteiger partial charge on any atom is 0.338 e. The largest absolute Gasteiger partial charge is 0.462 e. The Bertz CT molecular complexity index is 1050. The zero-order valence-corrected chi connectivity index (χ0v) is 24.1. The number of benzene rings is 1. The second-order valence-corrected chi connectivity index (χ2v) is 11.8. The molecule has 3 fully saturated rings. The number of esters is 1. The van der Waals surface area contributed by atoms with Gasteiger partial charge in [0, 0.05) is 12.0 Å². The molecule has 1 aromatic carbocycles. The summed E-state index contributed by atoms with van der Waals surface area (Å²) in [6.45, 7) is 9.97. The molecule has 9 heteroatoms. The Kier molecular flexibility index (Phi) is 10.4. The van der Waals surface area contributed by atoms with Gasteiger partial charge in [0.1, 0.15) is 30.2 Å². The molecule has 4 rings (SSSR count). The van der Waals surface area contributed by atoms with Gasteiger partial charge in [-0.2, -0.15) is 0 Å². The lowest BCUT2D eigenvalue weighted by Gasteiger charge is -2.40. The first-order chi connectivity index (χ1) is 19.1. The average Bonchev–Trinajstić information content (AvgIpc) is 3.54. The number of hydrogen-bond acceptors (Lipinski definition) is 9. The number of hydrogen-bond donors (Lipinski definition) is 4. The molecule has 0 spiro atoms. The summed E-state index contributed by atoms with van der Waals surface area (Å²) in [7, 11) is 0. The van der Waals surface area contributed by atoms with Crippen LogP contribution in [0, 0.1) is 5.92 Å². The van der Waals surface area contributed by atoms with Crippen LogP contribution in [0.2, 0.25) is 0 Å². The van der Waals surface area contributed by atoms with Gasteiger partial charge in [-0.15, -0.1) is 0 Å². The number of aliphatic hydroxyl groups is 4. The van der Waals surface area contributed by atoms with Gasteiger partial charge in [-0.25, -0.2) is 4.79 Å². The summed E-state index contributed by atoms with van der Waals surface area (Å²) >= 11 is 0. The molecule has 0 saturated carbocycles. The van der Waals surface area contributed by atoms with Crippen molar-refractivity contribution in [2.24, 2.45) is 5.92 Å². The third-order valence-corrected chi connectivity index (χ3v) is 8.20. The zero-order valence-electron chi connectivity index (χ0n) is 24.1. The highest BCUT2D eigenvalue weighted by atomic mass is 16.7. The van der Waals surface area contributed by atoms with Crippen molar-refractivity contribution in [1.29, 1.82) is 0 Å². The van der Waals surface area contributed by atoms with E-state index >= 15 is 0 Å². The summed E-state index contributed by atoms with van der Waals surface area (Å²) in [5.41, 5.74) is 4.00. The summed E-state index contributed by atoms with van der Waals surface area (Å²) in [5.74, 6) is 0.400. The number of allylic oxidation sites excluding steroid dienone is 4. The van der Waals surface area contributed by atoms with Crippen molar-refractivity contribution >= 4 is 5.97 Å². The third-order valence-electron chi connectivity index (χ3n) is 8.20. The smallest absolute Gasteiger partial charge is 0.338 e. The maximum atomic E-state index is 13.3. The predicted molar refractivity (Wildman–Crippen MR) is 150 cm³/mol. The van der Waals surface area contributed by atoms with E-state index in [0.717, 1.165) is 37.1 Å². The SMILES string of the molecule is CC(C)=CCc1cc(C(=O)OC[C@@H]2CCN3CCC[C@H]23)cc(CC=C(C)C)c1O[C@@H]1O[C@H](CO)[C@@H](O)[C@H](O)[C@H]1O. The van der Waals surface area contributed by atoms with Crippen molar-refractivity contribution in [3.05, 3.63) is 52.1 Å². The number of ether oxygens (including phenoxy) is 3. The van der Waals surface area contributed by atoms with E-state index in [1.807, 2.05) is 39.8 Å². The van der Waals surface area contributed by atoms with Crippen molar-refractivity contribution in [3.8, 4) is 5.75 Å². The lowest BCUT2D eigenvalue weighted by molar-refractivity contribution is -0.277. The van der Waals surface area contributed by atoms with Crippen molar-refractivity contribution in [2.45, 2.75) is 96.5 Å². The second-order valence-electron chi connectivity index (χ2n) is 11.8. The third kappa shape index (κ3) is 7.13. The van der Waals surface area contributed by atoms with E-state index in [4.69, 9.17) is 14.2 Å². The van der Waals surface area contributed by atoms with E-state index < -0.39 is 37.3 Å². The Morgan fingerprint density at radius 1 is 0.975 bits per heavy atom. The summed E-state index contributed by atoms with van der Waals surface area (Å²) in [4.78, 5) is 15.8. The van der Waals surface area contributed by atoms with Crippen LogP contribution in [0.25, 0.3) is 0 Å². The van der Waals surface area contributed by atoms with Gasteiger partial charge in [0.15, 0.2) is 0 Å². The molecule has 3 saturated heterocycles. The van der Waals surface area contributed by atoms with Crippen LogP contribution < -0.4 is 4.74 Å². The summed E-state index contributed by atoms with van der Waals surface area (Å²) in [5, 5.41) is 40.8. The first kappa shape index (κ1) is 30.7. The van der Waals surface area contributed by atoms with Crippen LogP contribution in [0.4, 0.5) is 0 Å². The molecule has 3 heterocycles. The molecule has 3 aliphatic heterocycles. The molecule has 222 valence electrons. The van der Waals surface area contributed by atoms with E-state index in [1.165, 1.54) is 6.42 Å². The maximum absolute atomic E-state index is 13.3. The van der Waals surface area contributed by atoms with Gasteiger partial charge in [0.05, 0.1) is 18.8 Å². The van der Waals surface area contributed by atoms with E-state index in [9.17, 15) is 25.2 Å². The Morgan fingerprint density at radius 2 is 1.62 bits per heavy atom. The van der Waals surface area contributed by atoms with E-state index in [-0.39, 0.29) is 5.97 Å². The number of rotatable bonds is 10. The Balaban J connectivity index is 1.63. The molecule has 9 nitrogen and oxygen atoms in total. The molecule has 7 atom stereocenters. The van der Waals surface area contributed by atoms with E-state index in [1.54, 1.807) is 12.1 Å². The molecule has 0 amide bonds. The molecular weight excluding hydrogens is 514 g/mol. The van der Waals surface area contributed by atoms with Gasteiger partial charge in [0.25, 0.3) is 0 Å². The highest BCUT2D eigenvalue weighted by molar-refractivity contribution is 5.90. The molecule has 0 unspecified atom stereocenters. The number of nitrogens with zero attached hydrogens (tertiary/aromatic N) is 1. The van der Waals surface area contributed by atoms with E-state index in [2.05, 4.69) is 4.90 Å². The first-order valence-electron chi connectivity index (χ1n) is 14.4. The fraction of sp³-hybridized carbons (Fsp3) is 0.645.